The molecule has 0 atom stereocenters. The normalized spacial score (nSPS) is 14.2. The maximum absolute atomic E-state index is 12.9. The van der Waals surface area contributed by atoms with Crippen LogP contribution in [0.3, 0.4) is 0 Å². The number of nitrogens with zero attached hydrogens (tertiary/aromatic N) is 5. The summed E-state index contributed by atoms with van der Waals surface area (Å²) in [6.45, 7) is 0.258. The van der Waals surface area contributed by atoms with E-state index in [0.717, 1.165) is 16.7 Å². The summed E-state index contributed by atoms with van der Waals surface area (Å²) < 4.78 is 40.0. The molecule has 3 heterocycles. The SMILES string of the molecule is Cn1cc(C(F)(F)F)nc1-c1ccc(CN2C(=O)CSc3cnc(Cl)nc32)cc1. The van der Waals surface area contributed by atoms with Gasteiger partial charge < -0.3 is 4.57 Å². The molecule has 29 heavy (non-hydrogen) atoms. The van der Waals surface area contributed by atoms with E-state index in [1.165, 1.54) is 28.3 Å². The lowest BCUT2D eigenvalue weighted by Crippen LogP contribution is -2.35. The molecule has 0 N–H and O–H groups in total. The molecular weight excluding hydrogens is 427 g/mol. The van der Waals surface area contributed by atoms with Gasteiger partial charge in [-0.15, -0.1) is 11.8 Å². The molecular formula is C18H13ClF3N5OS. The zero-order valence-corrected chi connectivity index (χ0v) is 16.5. The number of thioether (sulfide) groups is 1. The molecule has 0 aliphatic carbocycles. The maximum Gasteiger partial charge on any atom is 0.434 e. The first kappa shape index (κ1) is 19.7. The van der Waals surface area contributed by atoms with Crippen LogP contribution >= 0.6 is 23.4 Å². The van der Waals surface area contributed by atoms with Crippen molar-refractivity contribution in [3.05, 3.63) is 53.2 Å². The summed E-state index contributed by atoms with van der Waals surface area (Å²) in [7, 11) is 1.51. The van der Waals surface area contributed by atoms with Gasteiger partial charge in [0, 0.05) is 25.0 Å². The Bertz CT molecular complexity index is 1080. The lowest BCUT2D eigenvalue weighted by atomic mass is 10.1. The van der Waals surface area contributed by atoms with E-state index in [2.05, 4.69) is 15.0 Å². The summed E-state index contributed by atoms with van der Waals surface area (Å²) in [5.41, 5.74) is 0.390. The average molecular weight is 440 g/mol. The highest BCUT2D eigenvalue weighted by Gasteiger charge is 2.34. The van der Waals surface area contributed by atoms with Gasteiger partial charge in [-0.2, -0.15) is 18.2 Å². The molecule has 3 aromatic rings. The average Bonchev–Trinajstić information content (AvgIpc) is 3.07. The van der Waals surface area contributed by atoms with Crippen molar-refractivity contribution in [1.82, 2.24) is 19.5 Å². The molecule has 0 radical (unpaired) electrons. The zero-order chi connectivity index (χ0) is 20.8. The van der Waals surface area contributed by atoms with Gasteiger partial charge in [-0.1, -0.05) is 24.3 Å². The van der Waals surface area contributed by atoms with E-state index in [1.807, 2.05) is 0 Å². The number of carbonyl (C=O) groups excluding carboxylic acids is 1. The summed E-state index contributed by atoms with van der Waals surface area (Å²) in [4.78, 5) is 26.5. The molecule has 11 heteroatoms. The first-order valence-corrected chi connectivity index (χ1v) is 9.74. The molecule has 6 nitrogen and oxygen atoms in total. The number of fused-ring (bicyclic) bond motifs is 1. The number of imidazole rings is 1. The smallest absolute Gasteiger partial charge is 0.333 e. The van der Waals surface area contributed by atoms with Gasteiger partial charge in [0.2, 0.25) is 11.2 Å². The monoisotopic (exact) mass is 439 g/mol. The van der Waals surface area contributed by atoms with Crippen molar-refractivity contribution in [1.29, 1.82) is 0 Å². The summed E-state index contributed by atoms with van der Waals surface area (Å²) >= 11 is 7.22. The highest BCUT2D eigenvalue weighted by atomic mass is 35.5. The molecule has 0 bridgehead atoms. The second kappa shape index (κ2) is 7.34. The van der Waals surface area contributed by atoms with E-state index in [4.69, 9.17) is 11.6 Å². The van der Waals surface area contributed by atoms with Crippen molar-refractivity contribution in [3.63, 3.8) is 0 Å². The second-order valence-corrected chi connectivity index (χ2v) is 7.71. The Balaban J connectivity index is 1.59. The number of benzene rings is 1. The standard InChI is InChI=1S/C18H13ClF3N5OS/c1-26-8-13(18(20,21)22)24-15(26)11-4-2-10(3-5-11)7-27-14(28)9-29-12-6-23-17(19)25-16(12)27/h2-6,8H,7,9H2,1H3. The van der Waals surface area contributed by atoms with E-state index < -0.39 is 11.9 Å². The van der Waals surface area contributed by atoms with Crippen LogP contribution in [0.1, 0.15) is 11.3 Å². The van der Waals surface area contributed by atoms with Crippen LogP contribution in [-0.4, -0.2) is 31.2 Å². The van der Waals surface area contributed by atoms with Gasteiger partial charge >= 0.3 is 6.18 Å². The molecule has 1 aliphatic heterocycles. The highest BCUT2D eigenvalue weighted by molar-refractivity contribution is 8.00. The van der Waals surface area contributed by atoms with Crippen LogP contribution in [-0.2, 0) is 24.6 Å². The Morgan fingerprint density at radius 3 is 2.59 bits per heavy atom. The summed E-state index contributed by atoms with van der Waals surface area (Å²) in [6.07, 6.45) is -1.97. The molecule has 150 valence electrons. The van der Waals surface area contributed by atoms with Gasteiger partial charge in [-0.05, 0) is 17.2 Å². The summed E-state index contributed by atoms with van der Waals surface area (Å²) in [6, 6.07) is 6.84. The Morgan fingerprint density at radius 1 is 1.21 bits per heavy atom. The van der Waals surface area contributed by atoms with Crippen molar-refractivity contribution in [2.75, 3.05) is 10.7 Å². The molecule has 0 saturated carbocycles. The number of aryl methyl sites for hydroxylation is 1. The van der Waals surface area contributed by atoms with Gasteiger partial charge in [-0.3, -0.25) is 9.69 Å². The van der Waals surface area contributed by atoms with Crippen LogP contribution in [0.5, 0.6) is 0 Å². The molecule has 0 fully saturated rings. The first-order valence-electron chi connectivity index (χ1n) is 8.38. The topological polar surface area (TPSA) is 63.9 Å². The number of alkyl halides is 3. The number of aromatic nitrogens is 4. The molecule has 2 aromatic heterocycles. The molecule has 4 rings (SSSR count). The predicted octanol–water partition coefficient (Wildman–Crippen LogP) is 4.19. The Labute approximate surface area is 172 Å². The van der Waals surface area contributed by atoms with Crippen molar-refractivity contribution >= 4 is 35.1 Å². The number of rotatable bonds is 3. The number of hydrogen-bond donors (Lipinski definition) is 0. The van der Waals surface area contributed by atoms with Gasteiger partial charge in [0.25, 0.3) is 0 Å². The quantitative estimate of drug-likeness (QED) is 0.573. The van der Waals surface area contributed by atoms with Crippen molar-refractivity contribution in [2.45, 2.75) is 17.6 Å². The number of anilines is 1. The van der Waals surface area contributed by atoms with Crippen LogP contribution in [0.25, 0.3) is 11.4 Å². The lowest BCUT2D eigenvalue weighted by Gasteiger charge is -2.27. The fourth-order valence-corrected chi connectivity index (χ4v) is 3.92. The van der Waals surface area contributed by atoms with Crippen LogP contribution in [0.4, 0.5) is 19.0 Å². The van der Waals surface area contributed by atoms with Crippen LogP contribution < -0.4 is 4.90 Å². The van der Waals surface area contributed by atoms with E-state index in [1.54, 1.807) is 30.5 Å². The van der Waals surface area contributed by atoms with Gasteiger partial charge in [0.05, 0.1) is 17.2 Å². The number of amides is 1. The first-order chi connectivity index (χ1) is 13.7. The van der Waals surface area contributed by atoms with E-state index >= 15 is 0 Å². The minimum Gasteiger partial charge on any atom is -0.333 e. The highest BCUT2D eigenvalue weighted by Crippen LogP contribution is 2.35. The van der Waals surface area contributed by atoms with Crippen LogP contribution in [0, 0.1) is 0 Å². The molecule has 0 spiro atoms. The third-order valence-corrected chi connectivity index (χ3v) is 5.51. The van der Waals surface area contributed by atoms with Crippen LogP contribution in [0.15, 0.2) is 41.6 Å². The van der Waals surface area contributed by atoms with Gasteiger partial charge in [0.15, 0.2) is 11.5 Å². The van der Waals surface area contributed by atoms with Crippen molar-refractivity contribution in [2.24, 2.45) is 7.05 Å². The summed E-state index contributed by atoms with van der Waals surface area (Å²) in [5, 5.41) is 0.0506. The summed E-state index contributed by atoms with van der Waals surface area (Å²) in [5.74, 6) is 0.817. The minimum absolute atomic E-state index is 0.0506. The third kappa shape index (κ3) is 3.95. The fraction of sp³-hybridized carbons (Fsp3) is 0.222. The molecule has 1 aliphatic rings. The predicted molar refractivity (Wildman–Crippen MR) is 103 cm³/mol. The molecule has 0 unspecified atom stereocenters. The van der Waals surface area contributed by atoms with E-state index in [-0.39, 0.29) is 29.3 Å². The number of hydrogen-bond acceptors (Lipinski definition) is 5. The number of carbonyl (C=O) groups is 1. The van der Waals surface area contributed by atoms with E-state index in [0.29, 0.717) is 11.4 Å². The largest absolute Gasteiger partial charge is 0.434 e. The van der Waals surface area contributed by atoms with Gasteiger partial charge in [0.1, 0.15) is 5.82 Å². The fourth-order valence-electron chi connectivity index (χ4n) is 2.95. The molecule has 1 aromatic carbocycles. The van der Waals surface area contributed by atoms with Crippen LogP contribution in [0.2, 0.25) is 5.28 Å². The Hall–Kier alpha value is -2.59. The maximum atomic E-state index is 12.9. The minimum atomic E-state index is -4.50. The zero-order valence-electron chi connectivity index (χ0n) is 14.9. The number of halogens is 4. The lowest BCUT2D eigenvalue weighted by molar-refractivity contribution is -0.140. The van der Waals surface area contributed by atoms with Gasteiger partial charge in [-0.25, -0.2) is 9.97 Å². The third-order valence-electron chi connectivity index (χ3n) is 4.33. The Morgan fingerprint density at radius 2 is 1.93 bits per heavy atom. The second-order valence-electron chi connectivity index (χ2n) is 6.35. The van der Waals surface area contributed by atoms with E-state index in [9.17, 15) is 18.0 Å². The molecule has 0 saturated heterocycles. The van der Waals surface area contributed by atoms with Crippen molar-refractivity contribution < 1.29 is 18.0 Å². The Kier molecular flexibility index (Phi) is 4.99. The van der Waals surface area contributed by atoms with Crippen molar-refractivity contribution in [3.8, 4) is 11.4 Å². The molecule has 1 amide bonds.